The van der Waals surface area contributed by atoms with Crippen molar-refractivity contribution in [2.75, 3.05) is 20.2 Å². The largest absolute Gasteiger partial charge is 0.465 e. The molecule has 1 saturated heterocycles. The van der Waals surface area contributed by atoms with Gasteiger partial charge in [0, 0.05) is 30.0 Å². The second kappa shape index (κ2) is 11.8. The van der Waals surface area contributed by atoms with Gasteiger partial charge < -0.3 is 9.64 Å². The number of rotatable bonds is 8. The van der Waals surface area contributed by atoms with Crippen molar-refractivity contribution < 1.29 is 36.7 Å². The van der Waals surface area contributed by atoms with E-state index in [0.29, 0.717) is 59.2 Å². The Morgan fingerprint density at radius 1 is 1.18 bits per heavy atom. The van der Waals surface area contributed by atoms with Crippen LogP contribution >= 0.6 is 11.3 Å². The Balaban J connectivity index is 1.20. The number of hydrogen-bond acceptors (Lipinski definition) is 8. The molecule has 0 aliphatic carbocycles. The molecule has 1 atom stereocenters. The van der Waals surface area contributed by atoms with Gasteiger partial charge in [0.2, 0.25) is 5.91 Å². The standard InChI is InChI=1S/C26H25F4N5O4S/c1-38-26(37)16-5-3-2-4-15(16)21-11-17(33-39-21)19-13-40-25(31-19)14-6-8-34(9-7-14)22(36)12-35-20(24(29)30)10-18(32-35)23(27)28/h2-5,10-11,13-14,21,23-24,33H,6-9,12H2,1H3. The summed E-state index contributed by atoms with van der Waals surface area (Å²) in [5, 5.41) is 6.28. The first kappa shape index (κ1) is 27.8. The molecule has 2 aliphatic heterocycles. The van der Waals surface area contributed by atoms with Gasteiger partial charge in [-0.05, 0) is 31.1 Å². The van der Waals surface area contributed by atoms with Gasteiger partial charge in [-0.2, -0.15) is 5.10 Å². The van der Waals surface area contributed by atoms with E-state index in [1.54, 1.807) is 18.2 Å². The Hall–Kier alpha value is -3.78. The van der Waals surface area contributed by atoms with E-state index in [2.05, 4.69) is 10.6 Å². The maximum Gasteiger partial charge on any atom is 0.338 e. The highest BCUT2D eigenvalue weighted by atomic mass is 32.1. The average molecular weight is 580 g/mol. The molecule has 40 heavy (non-hydrogen) atoms. The second-order valence-electron chi connectivity index (χ2n) is 9.28. The van der Waals surface area contributed by atoms with E-state index < -0.39 is 48.8 Å². The molecular weight excluding hydrogens is 554 g/mol. The van der Waals surface area contributed by atoms with Crippen LogP contribution in [0.25, 0.3) is 5.70 Å². The SMILES string of the molecule is COC(=O)c1ccccc1C1C=C(c2csc(C3CCN(C(=O)Cn4nc(C(F)F)cc4C(F)F)CC3)n2)NO1. The number of amides is 1. The summed E-state index contributed by atoms with van der Waals surface area (Å²) < 4.78 is 57.9. The Morgan fingerprint density at radius 2 is 1.93 bits per heavy atom. The van der Waals surface area contributed by atoms with Gasteiger partial charge in [-0.25, -0.2) is 27.3 Å². The number of hydroxylamine groups is 1. The zero-order valence-corrected chi connectivity index (χ0v) is 22.0. The molecule has 1 unspecified atom stereocenters. The number of thiazole rings is 1. The molecule has 2 aliphatic rings. The molecule has 2 aromatic heterocycles. The topological polar surface area (TPSA) is 98.6 Å². The lowest BCUT2D eigenvalue weighted by molar-refractivity contribution is -0.133. The zero-order chi connectivity index (χ0) is 28.4. The molecule has 0 spiro atoms. The van der Waals surface area contributed by atoms with Gasteiger partial charge in [-0.3, -0.25) is 19.8 Å². The van der Waals surface area contributed by atoms with Crippen LogP contribution in [-0.4, -0.2) is 51.7 Å². The Morgan fingerprint density at radius 3 is 2.62 bits per heavy atom. The maximum atomic E-state index is 13.3. The molecular formula is C26H25F4N5O4S. The van der Waals surface area contributed by atoms with E-state index in [9.17, 15) is 27.2 Å². The van der Waals surface area contributed by atoms with Crippen molar-refractivity contribution in [2.24, 2.45) is 0 Å². The fourth-order valence-corrected chi connectivity index (χ4v) is 5.73. The van der Waals surface area contributed by atoms with Crippen LogP contribution in [0.15, 0.2) is 41.8 Å². The minimum absolute atomic E-state index is 0.0910. The van der Waals surface area contributed by atoms with Gasteiger partial charge in [-0.1, -0.05) is 18.2 Å². The number of esters is 1. The Bertz CT molecular complexity index is 1420. The molecule has 3 aromatic rings. The molecule has 1 fully saturated rings. The lowest BCUT2D eigenvalue weighted by Gasteiger charge is -2.31. The number of carbonyl (C=O) groups is 2. The van der Waals surface area contributed by atoms with Crippen molar-refractivity contribution in [3.05, 3.63) is 75.0 Å². The van der Waals surface area contributed by atoms with Crippen molar-refractivity contribution in [3.63, 3.8) is 0 Å². The van der Waals surface area contributed by atoms with Crippen LogP contribution in [0.4, 0.5) is 17.6 Å². The summed E-state index contributed by atoms with van der Waals surface area (Å²) in [7, 11) is 1.32. The number of benzene rings is 1. The van der Waals surface area contributed by atoms with Crippen LogP contribution < -0.4 is 5.48 Å². The molecule has 14 heteroatoms. The number of nitrogens with zero attached hydrogens (tertiary/aromatic N) is 4. The predicted octanol–water partition coefficient (Wildman–Crippen LogP) is 5.02. The summed E-state index contributed by atoms with van der Waals surface area (Å²) in [5.74, 6) is -0.827. The summed E-state index contributed by atoms with van der Waals surface area (Å²) in [6.45, 7) is 0.224. The molecule has 4 heterocycles. The van der Waals surface area contributed by atoms with Gasteiger partial charge in [-0.15, -0.1) is 11.3 Å². The van der Waals surface area contributed by atoms with E-state index in [1.807, 2.05) is 17.5 Å². The third-order valence-corrected chi connectivity index (χ3v) is 7.85. The number of aromatic nitrogens is 3. The van der Waals surface area contributed by atoms with Crippen LogP contribution in [-0.2, 0) is 20.9 Å². The number of hydrogen-bond donors (Lipinski definition) is 1. The monoisotopic (exact) mass is 579 g/mol. The summed E-state index contributed by atoms with van der Waals surface area (Å²) in [6.07, 6.45) is -3.48. The summed E-state index contributed by atoms with van der Waals surface area (Å²) >= 11 is 1.48. The normalized spacial score (nSPS) is 17.8. The fraction of sp³-hybridized carbons (Fsp3) is 0.385. The lowest BCUT2D eigenvalue weighted by Crippen LogP contribution is -2.40. The number of carbonyl (C=O) groups excluding carboxylic acids is 2. The highest BCUT2D eigenvalue weighted by Gasteiger charge is 2.30. The smallest absolute Gasteiger partial charge is 0.338 e. The van der Waals surface area contributed by atoms with E-state index in [-0.39, 0.29) is 5.92 Å². The first-order chi connectivity index (χ1) is 19.2. The van der Waals surface area contributed by atoms with Crippen molar-refractivity contribution >= 4 is 28.9 Å². The average Bonchev–Trinajstić information content (AvgIpc) is 3.72. The minimum atomic E-state index is -3.02. The van der Waals surface area contributed by atoms with Crippen LogP contribution in [0.1, 0.15) is 75.7 Å². The summed E-state index contributed by atoms with van der Waals surface area (Å²) in [5.41, 5.74) is 3.81. The van der Waals surface area contributed by atoms with Crippen LogP contribution in [0.2, 0.25) is 0 Å². The number of methoxy groups -OCH3 is 1. The van der Waals surface area contributed by atoms with Gasteiger partial charge in [0.05, 0.1) is 29.1 Å². The van der Waals surface area contributed by atoms with E-state index in [1.165, 1.54) is 23.3 Å². The number of halogens is 4. The van der Waals surface area contributed by atoms with Crippen molar-refractivity contribution in [2.45, 2.75) is 44.3 Å². The van der Waals surface area contributed by atoms with Crippen molar-refractivity contribution in [1.29, 1.82) is 0 Å². The quantitative estimate of drug-likeness (QED) is 0.296. The Labute approximate surface area is 230 Å². The summed E-state index contributed by atoms with van der Waals surface area (Å²) in [6, 6.07) is 7.65. The molecule has 1 N–H and O–H groups in total. The molecule has 0 radical (unpaired) electrons. The van der Waals surface area contributed by atoms with Gasteiger partial charge in [0.1, 0.15) is 24.0 Å². The molecule has 1 amide bonds. The summed E-state index contributed by atoms with van der Waals surface area (Å²) in [4.78, 5) is 36.8. The maximum absolute atomic E-state index is 13.3. The van der Waals surface area contributed by atoms with Crippen molar-refractivity contribution in [3.8, 4) is 0 Å². The number of nitrogens with one attached hydrogen (secondary N) is 1. The highest BCUT2D eigenvalue weighted by molar-refractivity contribution is 7.09. The van der Waals surface area contributed by atoms with Crippen LogP contribution in [0, 0.1) is 0 Å². The van der Waals surface area contributed by atoms with E-state index in [0.717, 1.165) is 5.01 Å². The van der Waals surface area contributed by atoms with Crippen molar-refractivity contribution in [1.82, 2.24) is 25.1 Å². The second-order valence-corrected chi connectivity index (χ2v) is 10.2. The molecule has 1 aromatic carbocycles. The lowest BCUT2D eigenvalue weighted by atomic mass is 9.97. The molecule has 0 saturated carbocycles. The molecule has 5 rings (SSSR count). The zero-order valence-electron chi connectivity index (χ0n) is 21.2. The molecule has 0 bridgehead atoms. The van der Waals surface area contributed by atoms with E-state index in [4.69, 9.17) is 14.6 Å². The van der Waals surface area contributed by atoms with Gasteiger partial charge in [0.15, 0.2) is 0 Å². The first-order valence-corrected chi connectivity index (χ1v) is 13.3. The Kier molecular flexibility index (Phi) is 8.17. The number of likely N-dealkylation sites (tertiary alicyclic amines) is 1. The third-order valence-electron chi connectivity index (χ3n) is 6.84. The van der Waals surface area contributed by atoms with Crippen LogP contribution in [0.3, 0.4) is 0 Å². The first-order valence-electron chi connectivity index (χ1n) is 12.4. The minimum Gasteiger partial charge on any atom is -0.465 e. The molecule has 212 valence electrons. The predicted molar refractivity (Wildman–Crippen MR) is 136 cm³/mol. The van der Waals surface area contributed by atoms with Crippen LogP contribution in [0.5, 0.6) is 0 Å². The fourth-order valence-electron chi connectivity index (χ4n) is 4.74. The number of piperidine rings is 1. The third kappa shape index (κ3) is 5.72. The molecule has 9 nitrogen and oxygen atoms in total. The highest BCUT2D eigenvalue weighted by Crippen LogP contribution is 2.35. The van der Waals surface area contributed by atoms with Gasteiger partial charge in [0.25, 0.3) is 12.9 Å². The number of alkyl halides is 4. The van der Waals surface area contributed by atoms with E-state index >= 15 is 0 Å². The van der Waals surface area contributed by atoms with Gasteiger partial charge >= 0.3 is 5.97 Å². The number of ether oxygens (including phenoxy) is 1.